The molecule has 1 atom stereocenters. The van der Waals surface area contributed by atoms with E-state index in [9.17, 15) is 0 Å². The van der Waals surface area contributed by atoms with Gasteiger partial charge in [0.2, 0.25) is 0 Å². The lowest BCUT2D eigenvalue weighted by Gasteiger charge is -2.21. The monoisotopic (exact) mass is 208 g/mol. The van der Waals surface area contributed by atoms with Crippen LogP contribution in [0.15, 0.2) is 12.1 Å². The van der Waals surface area contributed by atoms with Crippen LogP contribution < -0.4 is 11.1 Å². The van der Waals surface area contributed by atoms with Crippen molar-refractivity contribution in [2.75, 3.05) is 11.9 Å². The molecule has 0 radical (unpaired) electrons. The van der Waals surface area contributed by atoms with E-state index in [0.29, 0.717) is 18.5 Å². The number of nitrogens with one attached hydrogen (secondary N) is 1. The highest BCUT2D eigenvalue weighted by Crippen LogP contribution is 2.12. The third-order valence-corrected chi connectivity index (χ3v) is 2.41. The normalized spacial score (nSPS) is 12.9. The van der Waals surface area contributed by atoms with Crippen LogP contribution in [0.2, 0.25) is 0 Å². The summed E-state index contributed by atoms with van der Waals surface area (Å²) in [5.41, 5.74) is 6.50. The van der Waals surface area contributed by atoms with Crippen LogP contribution in [-0.2, 0) is 0 Å². The molecule has 1 aromatic heterocycles. The smallest absolute Gasteiger partial charge is 0.148 e. The molecule has 0 bridgehead atoms. The van der Waals surface area contributed by atoms with Gasteiger partial charge in [-0.3, -0.25) is 0 Å². The highest BCUT2D eigenvalue weighted by molar-refractivity contribution is 5.34. The molecule has 0 fully saturated rings. The van der Waals surface area contributed by atoms with Crippen LogP contribution >= 0.6 is 0 Å². The third kappa shape index (κ3) is 3.83. The van der Waals surface area contributed by atoms with Crippen molar-refractivity contribution in [3.63, 3.8) is 0 Å². The van der Waals surface area contributed by atoms with Gasteiger partial charge in [-0.1, -0.05) is 13.8 Å². The van der Waals surface area contributed by atoms with Gasteiger partial charge in [-0.05, 0) is 37.9 Å². The molecule has 3 N–H and O–H groups in total. The summed E-state index contributed by atoms with van der Waals surface area (Å²) in [6, 6.07) is 4.27. The third-order valence-electron chi connectivity index (χ3n) is 2.41. The quantitative estimate of drug-likeness (QED) is 0.771. The molecule has 4 nitrogen and oxygen atoms in total. The lowest BCUT2D eigenvalue weighted by molar-refractivity contribution is 0.497. The van der Waals surface area contributed by atoms with Crippen molar-refractivity contribution in [2.24, 2.45) is 11.7 Å². The summed E-state index contributed by atoms with van der Waals surface area (Å²) in [5, 5.41) is 11.4. The molecule has 15 heavy (non-hydrogen) atoms. The number of aryl methyl sites for hydroxylation is 1. The van der Waals surface area contributed by atoms with Gasteiger partial charge in [-0.25, -0.2) is 0 Å². The second-order valence-electron chi connectivity index (χ2n) is 4.13. The minimum Gasteiger partial charge on any atom is -0.366 e. The van der Waals surface area contributed by atoms with Gasteiger partial charge in [0, 0.05) is 6.04 Å². The molecular formula is C11H20N4. The summed E-state index contributed by atoms with van der Waals surface area (Å²) in [7, 11) is 0. The van der Waals surface area contributed by atoms with Gasteiger partial charge in [0.1, 0.15) is 5.82 Å². The average Bonchev–Trinajstić information content (AvgIpc) is 2.20. The second-order valence-corrected chi connectivity index (χ2v) is 4.13. The van der Waals surface area contributed by atoms with Gasteiger partial charge < -0.3 is 11.1 Å². The van der Waals surface area contributed by atoms with Gasteiger partial charge in [-0.2, -0.15) is 5.10 Å². The molecule has 4 heteroatoms. The molecule has 0 saturated carbocycles. The second kappa shape index (κ2) is 5.66. The first-order chi connectivity index (χ1) is 7.13. The SMILES string of the molecule is Cc1ccc(NC(CCN)C(C)C)nn1. The van der Waals surface area contributed by atoms with Crippen molar-refractivity contribution in [1.29, 1.82) is 0 Å². The molecule has 84 valence electrons. The minimum atomic E-state index is 0.368. The summed E-state index contributed by atoms with van der Waals surface area (Å²) >= 11 is 0. The molecule has 0 spiro atoms. The Morgan fingerprint density at radius 2 is 2.07 bits per heavy atom. The van der Waals surface area contributed by atoms with E-state index < -0.39 is 0 Å². The van der Waals surface area contributed by atoms with Crippen LogP contribution in [0, 0.1) is 12.8 Å². The maximum Gasteiger partial charge on any atom is 0.148 e. The molecule has 1 unspecified atom stereocenters. The molecule has 0 aromatic carbocycles. The molecule has 0 saturated heterocycles. The first kappa shape index (κ1) is 11.9. The highest BCUT2D eigenvalue weighted by atomic mass is 15.2. The summed E-state index contributed by atoms with van der Waals surface area (Å²) < 4.78 is 0. The van der Waals surface area contributed by atoms with Crippen LogP contribution in [-0.4, -0.2) is 22.8 Å². The molecule has 1 rings (SSSR count). The Kier molecular flexibility index (Phi) is 4.49. The minimum absolute atomic E-state index is 0.368. The number of rotatable bonds is 5. The van der Waals surface area contributed by atoms with Crippen LogP contribution in [0.4, 0.5) is 5.82 Å². The van der Waals surface area contributed by atoms with Gasteiger partial charge in [0.15, 0.2) is 0 Å². The van der Waals surface area contributed by atoms with E-state index in [1.54, 1.807) is 0 Å². The maximum absolute atomic E-state index is 5.57. The van der Waals surface area contributed by atoms with Gasteiger partial charge in [0.05, 0.1) is 5.69 Å². The summed E-state index contributed by atoms with van der Waals surface area (Å²) in [6.07, 6.45) is 0.952. The zero-order chi connectivity index (χ0) is 11.3. The van der Waals surface area contributed by atoms with Crippen LogP contribution in [0.25, 0.3) is 0 Å². The molecule has 1 aromatic rings. The molecular weight excluding hydrogens is 188 g/mol. The van der Waals surface area contributed by atoms with Crippen LogP contribution in [0.1, 0.15) is 26.0 Å². The number of anilines is 1. The van der Waals surface area contributed by atoms with Crippen molar-refractivity contribution in [2.45, 2.75) is 33.2 Å². The number of nitrogens with zero attached hydrogens (tertiary/aromatic N) is 2. The van der Waals surface area contributed by atoms with E-state index in [-0.39, 0.29) is 0 Å². The first-order valence-corrected chi connectivity index (χ1v) is 5.40. The zero-order valence-corrected chi connectivity index (χ0v) is 9.70. The molecule has 1 heterocycles. The van der Waals surface area contributed by atoms with Crippen molar-refractivity contribution in [1.82, 2.24) is 10.2 Å². The van der Waals surface area contributed by atoms with Crippen molar-refractivity contribution >= 4 is 5.82 Å². The Bertz CT molecular complexity index is 281. The van der Waals surface area contributed by atoms with E-state index in [2.05, 4.69) is 29.4 Å². The Labute approximate surface area is 91.3 Å². The van der Waals surface area contributed by atoms with E-state index >= 15 is 0 Å². The molecule has 0 aliphatic carbocycles. The van der Waals surface area contributed by atoms with Crippen molar-refractivity contribution < 1.29 is 0 Å². The zero-order valence-electron chi connectivity index (χ0n) is 9.70. The van der Waals surface area contributed by atoms with Crippen LogP contribution in [0.3, 0.4) is 0 Å². The number of nitrogens with two attached hydrogens (primary N) is 1. The summed E-state index contributed by atoms with van der Waals surface area (Å²) in [4.78, 5) is 0. The molecule has 0 amide bonds. The Hall–Kier alpha value is -1.16. The standard InChI is InChI=1S/C11H20N4/c1-8(2)10(6-7-12)13-11-5-4-9(3)14-15-11/h4-5,8,10H,6-7,12H2,1-3H3,(H,13,15). The lowest BCUT2D eigenvalue weighted by atomic mass is 10.0. The molecule has 0 aliphatic rings. The Morgan fingerprint density at radius 1 is 1.33 bits per heavy atom. The van der Waals surface area contributed by atoms with Gasteiger partial charge in [-0.15, -0.1) is 5.10 Å². The number of hydrogen-bond donors (Lipinski definition) is 2. The fraction of sp³-hybridized carbons (Fsp3) is 0.636. The highest BCUT2D eigenvalue weighted by Gasteiger charge is 2.12. The molecule has 0 aliphatic heterocycles. The summed E-state index contributed by atoms with van der Waals surface area (Å²) in [6.45, 7) is 6.97. The topological polar surface area (TPSA) is 63.8 Å². The number of hydrogen-bond acceptors (Lipinski definition) is 4. The summed E-state index contributed by atoms with van der Waals surface area (Å²) in [5.74, 6) is 1.37. The number of aromatic nitrogens is 2. The van der Waals surface area contributed by atoms with Crippen molar-refractivity contribution in [3.8, 4) is 0 Å². The Morgan fingerprint density at radius 3 is 2.53 bits per heavy atom. The Balaban J connectivity index is 2.61. The van der Waals surface area contributed by atoms with E-state index in [4.69, 9.17) is 5.73 Å². The van der Waals surface area contributed by atoms with Gasteiger partial charge >= 0.3 is 0 Å². The van der Waals surface area contributed by atoms with Gasteiger partial charge in [0.25, 0.3) is 0 Å². The van der Waals surface area contributed by atoms with E-state index in [0.717, 1.165) is 17.9 Å². The lowest BCUT2D eigenvalue weighted by Crippen LogP contribution is -2.28. The maximum atomic E-state index is 5.57. The largest absolute Gasteiger partial charge is 0.366 e. The van der Waals surface area contributed by atoms with E-state index in [1.165, 1.54) is 0 Å². The van der Waals surface area contributed by atoms with Crippen LogP contribution in [0.5, 0.6) is 0 Å². The fourth-order valence-corrected chi connectivity index (χ4v) is 1.42. The predicted molar refractivity (Wildman–Crippen MR) is 62.7 cm³/mol. The average molecular weight is 208 g/mol. The predicted octanol–water partition coefficient (Wildman–Crippen LogP) is 1.57. The van der Waals surface area contributed by atoms with E-state index in [1.807, 2.05) is 19.1 Å². The van der Waals surface area contributed by atoms with Crippen molar-refractivity contribution in [3.05, 3.63) is 17.8 Å². The first-order valence-electron chi connectivity index (χ1n) is 5.40. The fourth-order valence-electron chi connectivity index (χ4n) is 1.42.